The van der Waals surface area contributed by atoms with Crippen LogP contribution < -0.4 is 20.2 Å². The van der Waals surface area contributed by atoms with Crippen molar-refractivity contribution in [2.45, 2.75) is 44.2 Å². The molecule has 15 heteroatoms. The molecule has 0 bridgehead atoms. The first kappa shape index (κ1) is 38.9. The van der Waals surface area contributed by atoms with Gasteiger partial charge in [-0.3, -0.25) is 10.1 Å². The third kappa shape index (κ3) is 7.86. The highest BCUT2D eigenvalue weighted by atomic mass is 35.5. The molecule has 10 nitrogen and oxygen atoms in total. The van der Waals surface area contributed by atoms with Gasteiger partial charge in [-0.25, -0.2) is 12.8 Å². The van der Waals surface area contributed by atoms with E-state index in [4.69, 9.17) is 16.1 Å². The van der Waals surface area contributed by atoms with E-state index in [0.717, 1.165) is 29.4 Å². The number of aromatic nitrogens is 1. The molecule has 2 unspecified atom stereocenters. The molecular formula is C40H41ClF2N5O5PS. The number of nitro groups is 1. The van der Waals surface area contributed by atoms with E-state index in [9.17, 15) is 22.9 Å². The second-order valence-corrected chi connectivity index (χ2v) is 18.3. The van der Waals surface area contributed by atoms with Crippen molar-refractivity contribution in [2.24, 2.45) is 0 Å². The average molecular weight is 808 g/mol. The molecule has 0 saturated carbocycles. The molecule has 2 atom stereocenters. The van der Waals surface area contributed by atoms with Crippen LogP contribution in [0, 0.1) is 28.7 Å². The Kier molecular flexibility index (Phi) is 11.0. The summed E-state index contributed by atoms with van der Waals surface area (Å²) in [7, 11) is -5.17. The zero-order chi connectivity index (χ0) is 39.2. The molecule has 7 rings (SSSR count). The van der Waals surface area contributed by atoms with Crippen molar-refractivity contribution >= 4 is 52.1 Å². The van der Waals surface area contributed by atoms with Crippen molar-refractivity contribution < 1.29 is 26.6 Å². The van der Waals surface area contributed by atoms with Crippen molar-refractivity contribution in [1.82, 2.24) is 9.88 Å². The number of nitro benzene ring substituents is 1. The highest BCUT2D eigenvalue weighted by Crippen LogP contribution is 2.48. The van der Waals surface area contributed by atoms with Gasteiger partial charge in [-0.05, 0) is 111 Å². The monoisotopic (exact) mass is 807 g/mol. The minimum absolute atomic E-state index is 0.0910. The Balaban J connectivity index is 1.20. The maximum absolute atomic E-state index is 15.7. The fraction of sp³-hybridized carbons (Fsp3) is 0.300. The van der Waals surface area contributed by atoms with Crippen LogP contribution in [0.3, 0.4) is 0 Å². The van der Waals surface area contributed by atoms with E-state index in [0.29, 0.717) is 71.2 Å². The zero-order valence-electron chi connectivity index (χ0n) is 30.8. The van der Waals surface area contributed by atoms with Crippen LogP contribution in [0.25, 0.3) is 22.4 Å². The molecule has 1 aromatic heterocycles. The van der Waals surface area contributed by atoms with Crippen molar-refractivity contribution in [3.63, 3.8) is 0 Å². The fourth-order valence-electron chi connectivity index (χ4n) is 7.68. The van der Waals surface area contributed by atoms with E-state index in [1.165, 1.54) is 24.5 Å². The lowest BCUT2D eigenvalue weighted by Gasteiger charge is -2.38. The number of anilines is 2. The summed E-state index contributed by atoms with van der Waals surface area (Å²) in [6, 6.07) is 23.6. The van der Waals surface area contributed by atoms with Crippen molar-refractivity contribution in [2.75, 3.05) is 48.6 Å². The molecular weight excluding hydrogens is 767 g/mol. The van der Waals surface area contributed by atoms with Crippen molar-refractivity contribution in [1.29, 1.82) is 0 Å². The Hall–Kier alpha value is -4.39. The van der Waals surface area contributed by atoms with Gasteiger partial charge in [0.25, 0.3) is 0 Å². The summed E-state index contributed by atoms with van der Waals surface area (Å²) in [6.07, 6.45) is 1.96. The van der Waals surface area contributed by atoms with E-state index in [1.807, 2.05) is 60.9 Å². The quantitative estimate of drug-likeness (QED) is 0.0894. The highest BCUT2D eigenvalue weighted by molar-refractivity contribution is 7.91. The van der Waals surface area contributed by atoms with Gasteiger partial charge >= 0.3 is 5.69 Å². The number of nitrogens with one attached hydrogen (secondary N) is 1. The van der Waals surface area contributed by atoms with Gasteiger partial charge in [0.05, 0.1) is 22.1 Å². The number of halogens is 3. The Morgan fingerprint density at radius 1 is 0.964 bits per heavy atom. The number of hydrogen-bond donors (Lipinski definition) is 1. The average Bonchev–Trinajstić information content (AvgIpc) is 3.49. The SMILES string of the molecule is Cc1c(S(C)(=O)=O)c(-c2cc(F)cc(C3CN(c4ccc(N5CCCOP5c5ccc(F)c([N+](=O)[O-])c5)cc4)CCN3)c2)c(-c2ccc(Cl)cc2)n1C(C)C. The second kappa shape index (κ2) is 15.6. The molecule has 0 spiro atoms. The minimum Gasteiger partial charge on any atom is -0.368 e. The summed E-state index contributed by atoms with van der Waals surface area (Å²) >= 11 is 6.24. The van der Waals surface area contributed by atoms with Crippen LogP contribution in [0.1, 0.15) is 43.6 Å². The van der Waals surface area contributed by atoms with Crippen LogP contribution in [0.2, 0.25) is 5.02 Å². The lowest BCUT2D eigenvalue weighted by Crippen LogP contribution is -2.45. The molecule has 2 aliphatic heterocycles. The first-order chi connectivity index (χ1) is 26.2. The fourth-order valence-corrected chi connectivity index (χ4v) is 11.0. The molecule has 0 radical (unpaired) electrons. The first-order valence-corrected chi connectivity index (χ1v) is 21.4. The van der Waals surface area contributed by atoms with Crippen LogP contribution in [0.15, 0.2) is 89.8 Å². The molecule has 0 amide bonds. The van der Waals surface area contributed by atoms with Gasteiger partial charge in [0, 0.05) is 83.5 Å². The van der Waals surface area contributed by atoms with Gasteiger partial charge < -0.3 is 24.0 Å². The molecule has 3 heterocycles. The Morgan fingerprint density at radius 2 is 1.67 bits per heavy atom. The normalized spacial score (nSPS) is 17.9. The predicted octanol–water partition coefficient (Wildman–Crippen LogP) is 8.97. The standard InChI is InChI=1S/C40H41ClF2N5O5PS/c1-25(2)47-26(3)40(55(4,51)52)38(39(47)27-6-8-30(41)9-7-27)29-20-28(21-31(42)22-29)36-24-45(18-16-44-36)32-10-12-33(13-11-32)46-17-5-19-53-54(46)34-14-15-35(43)37(23-34)48(49)50/h6-15,20-23,25,36,44H,5,16-19,24H2,1-4H3. The number of sulfone groups is 1. The molecule has 4 aromatic carbocycles. The Labute approximate surface area is 325 Å². The maximum Gasteiger partial charge on any atom is 0.305 e. The summed E-state index contributed by atoms with van der Waals surface area (Å²) in [6.45, 7) is 8.80. The number of piperazine rings is 1. The van der Waals surface area contributed by atoms with E-state index in [-0.39, 0.29) is 17.0 Å². The number of rotatable bonds is 9. The van der Waals surface area contributed by atoms with E-state index >= 15 is 4.39 Å². The van der Waals surface area contributed by atoms with Gasteiger partial charge in [0.15, 0.2) is 18.1 Å². The summed E-state index contributed by atoms with van der Waals surface area (Å²) < 4.78 is 67.0. The van der Waals surface area contributed by atoms with Gasteiger partial charge in [-0.15, -0.1) is 0 Å². The summed E-state index contributed by atoms with van der Waals surface area (Å²) in [5.74, 6) is -1.36. The molecule has 2 fully saturated rings. The largest absolute Gasteiger partial charge is 0.368 e. The van der Waals surface area contributed by atoms with Crippen LogP contribution >= 0.6 is 19.9 Å². The summed E-state index contributed by atoms with van der Waals surface area (Å²) in [4.78, 5) is 13.1. The zero-order valence-corrected chi connectivity index (χ0v) is 33.3. The van der Waals surface area contributed by atoms with Gasteiger partial charge in [-0.1, -0.05) is 23.7 Å². The number of benzene rings is 4. The molecule has 288 valence electrons. The molecule has 55 heavy (non-hydrogen) atoms. The third-order valence-corrected chi connectivity index (χ3v) is 13.5. The minimum atomic E-state index is -3.74. The van der Waals surface area contributed by atoms with Crippen molar-refractivity contribution in [3.8, 4) is 22.4 Å². The molecule has 2 saturated heterocycles. The lowest BCUT2D eigenvalue weighted by atomic mass is 9.95. The van der Waals surface area contributed by atoms with Crippen LogP contribution in [-0.4, -0.2) is 56.9 Å². The Bertz CT molecular complexity index is 2360. The maximum atomic E-state index is 15.7. The smallest absolute Gasteiger partial charge is 0.305 e. The molecule has 1 N–H and O–H groups in total. The first-order valence-electron chi connectivity index (χ1n) is 18.0. The predicted molar refractivity (Wildman–Crippen MR) is 215 cm³/mol. The van der Waals surface area contributed by atoms with Crippen LogP contribution in [0.5, 0.6) is 0 Å². The molecule has 0 aliphatic carbocycles. The second-order valence-electron chi connectivity index (χ2n) is 14.1. The van der Waals surface area contributed by atoms with E-state index in [2.05, 4.69) is 14.9 Å². The number of nitrogens with zero attached hydrogens (tertiary/aromatic N) is 4. The van der Waals surface area contributed by atoms with Crippen molar-refractivity contribution in [3.05, 3.63) is 123 Å². The van der Waals surface area contributed by atoms with Gasteiger partial charge in [0.2, 0.25) is 5.82 Å². The molecule has 5 aromatic rings. The lowest BCUT2D eigenvalue weighted by molar-refractivity contribution is -0.387. The van der Waals surface area contributed by atoms with Crippen LogP contribution in [0.4, 0.5) is 25.8 Å². The van der Waals surface area contributed by atoms with Gasteiger partial charge in [-0.2, -0.15) is 4.39 Å². The van der Waals surface area contributed by atoms with Gasteiger partial charge in [0.1, 0.15) is 5.82 Å². The topological polar surface area (TPSA) is 110 Å². The van der Waals surface area contributed by atoms with E-state index < -0.39 is 40.4 Å². The highest BCUT2D eigenvalue weighted by Gasteiger charge is 2.32. The van der Waals surface area contributed by atoms with E-state index in [1.54, 1.807) is 25.1 Å². The number of hydrogen-bond acceptors (Lipinski definition) is 8. The molecule has 2 aliphatic rings. The summed E-state index contributed by atoms with van der Waals surface area (Å²) in [5, 5.41) is 16.1. The van der Waals surface area contributed by atoms with Crippen LogP contribution in [-0.2, 0) is 14.4 Å². The summed E-state index contributed by atoms with van der Waals surface area (Å²) in [5.41, 5.74) is 4.91. The Morgan fingerprint density at radius 3 is 2.35 bits per heavy atom. The third-order valence-electron chi connectivity index (χ3n) is 9.99.